The van der Waals surface area contributed by atoms with Gasteiger partial charge in [0.05, 0.1) is 0 Å². The Kier molecular flexibility index (Phi) is 3.95. The Morgan fingerprint density at radius 1 is 1.25 bits per heavy atom. The van der Waals surface area contributed by atoms with Gasteiger partial charge in [0.1, 0.15) is 18.6 Å². The van der Waals surface area contributed by atoms with Gasteiger partial charge in [0.2, 0.25) is 0 Å². The Bertz CT molecular complexity index is 400. The zero-order valence-electron chi connectivity index (χ0n) is 8.94. The molecule has 0 aliphatic carbocycles. The largest absolute Gasteiger partial charge is 0.486 e. The highest BCUT2D eigenvalue weighted by atomic mass is 32.2. The number of ether oxygens (including phenoxy) is 2. The first kappa shape index (κ1) is 11.2. The topological polar surface area (TPSA) is 42.2 Å². The van der Waals surface area contributed by atoms with E-state index in [1.165, 1.54) is 17.3 Å². The van der Waals surface area contributed by atoms with E-state index in [-0.39, 0.29) is 0 Å². The normalized spacial score (nSPS) is 13.2. The van der Waals surface area contributed by atoms with Gasteiger partial charge in [-0.15, -0.1) is 0 Å². The van der Waals surface area contributed by atoms with Gasteiger partial charge < -0.3 is 9.47 Å². The Morgan fingerprint density at radius 2 is 2.06 bits per heavy atom. The van der Waals surface area contributed by atoms with Gasteiger partial charge >= 0.3 is 0 Å². The molecule has 0 saturated carbocycles. The number of hydrogen-bond donors (Lipinski definition) is 0. The number of hydrogen-bond acceptors (Lipinski definition) is 4. The molecule has 3 nitrogen and oxygen atoms in total. The number of nitrogens with zero attached hydrogens (tertiary/aromatic N) is 1. The second-order valence-corrected chi connectivity index (χ2v) is 4.40. The molecule has 0 unspecified atom stereocenters. The predicted molar refractivity (Wildman–Crippen MR) is 63.8 cm³/mol. The average Bonchev–Trinajstić information content (AvgIpc) is 2.34. The van der Waals surface area contributed by atoms with Crippen molar-refractivity contribution in [1.82, 2.24) is 0 Å². The maximum absolute atomic E-state index is 8.40. The molecule has 0 bridgehead atoms. The van der Waals surface area contributed by atoms with Gasteiger partial charge in [0, 0.05) is 5.75 Å². The van der Waals surface area contributed by atoms with Crippen LogP contribution in [0.2, 0.25) is 0 Å². The predicted octanol–water partition coefficient (Wildman–Crippen LogP) is 2.60. The van der Waals surface area contributed by atoms with Crippen LogP contribution in [0.5, 0.6) is 11.5 Å². The highest BCUT2D eigenvalue weighted by Crippen LogP contribution is 2.31. The molecule has 0 atom stereocenters. The second-order valence-electron chi connectivity index (χ2n) is 3.52. The molecule has 0 spiro atoms. The van der Waals surface area contributed by atoms with Crippen LogP contribution in [0.3, 0.4) is 0 Å². The summed E-state index contributed by atoms with van der Waals surface area (Å²) in [5, 5.41) is 10.5. The van der Waals surface area contributed by atoms with E-state index in [0.29, 0.717) is 13.2 Å². The minimum atomic E-state index is 0.626. The molecule has 4 heteroatoms. The van der Waals surface area contributed by atoms with Gasteiger partial charge in [-0.1, -0.05) is 6.07 Å². The fourth-order valence-corrected chi connectivity index (χ4v) is 2.02. The lowest BCUT2D eigenvalue weighted by molar-refractivity contribution is 0.171. The standard InChI is InChI=1S/C12H13NO2S/c13-9-16-7-1-2-10-3-4-11-12(8-10)15-6-5-14-11/h3-4,8H,1-2,5-7H2. The number of fused-ring (bicyclic) bond motifs is 1. The molecule has 1 aromatic carbocycles. The van der Waals surface area contributed by atoms with Gasteiger partial charge in [0.25, 0.3) is 0 Å². The van der Waals surface area contributed by atoms with Gasteiger partial charge in [-0.05, 0) is 42.3 Å². The first-order valence-corrected chi connectivity index (χ1v) is 6.28. The summed E-state index contributed by atoms with van der Waals surface area (Å²) < 4.78 is 11.0. The van der Waals surface area contributed by atoms with Crippen LogP contribution in [-0.4, -0.2) is 19.0 Å². The van der Waals surface area contributed by atoms with Gasteiger partial charge in [-0.2, -0.15) is 5.26 Å². The molecule has 1 aliphatic heterocycles. The molecule has 84 valence electrons. The molecule has 16 heavy (non-hydrogen) atoms. The van der Waals surface area contributed by atoms with Crippen LogP contribution in [0.15, 0.2) is 18.2 Å². The van der Waals surface area contributed by atoms with Crippen LogP contribution in [0.4, 0.5) is 0 Å². The van der Waals surface area contributed by atoms with E-state index in [1.54, 1.807) is 0 Å². The van der Waals surface area contributed by atoms with Gasteiger partial charge in [0.15, 0.2) is 11.5 Å². The maximum atomic E-state index is 8.40. The molecule has 1 aromatic rings. The smallest absolute Gasteiger partial charge is 0.161 e. The van der Waals surface area contributed by atoms with E-state index < -0.39 is 0 Å². The summed E-state index contributed by atoms with van der Waals surface area (Å²) in [5.41, 5.74) is 1.24. The molecule has 1 heterocycles. The van der Waals surface area contributed by atoms with Crippen LogP contribution >= 0.6 is 11.8 Å². The quantitative estimate of drug-likeness (QED) is 0.594. The zero-order valence-corrected chi connectivity index (χ0v) is 9.76. The van der Waals surface area contributed by atoms with Crippen LogP contribution < -0.4 is 9.47 Å². The molecule has 0 amide bonds. The molecule has 0 N–H and O–H groups in total. The fourth-order valence-electron chi connectivity index (χ4n) is 1.64. The third-order valence-electron chi connectivity index (χ3n) is 2.38. The van der Waals surface area contributed by atoms with E-state index in [9.17, 15) is 0 Å². The molecule has 0 radical (unpaired) electrons. The summed E-state index contributed by atoms with van der Waals surface area (Å²) in [6, 6.07) is 6.05. The third kappa shape index (κ3) is 2.83. The van der Waals surface area contributed by atoms with E-state index in [4.69, 9.17) is 14.7 Å². The van der Waals surface area contributed by atoms with Crippen molar-refractivity contribution in [2.75, 3.05) is 19.0 Å². The molecule has 0 aromatic heterocycles. The summed E-state index contributed by atoms with van der Waals surface area (Å²) in [7, 11) is 0. The maximum Gasteiger partial charge on any atom is 0.161 e. The Labute approximate surface area is 99.4 Å². The Hall–Kier alpha value is -1.34. The number of aryl methyl sites for hydroxylation is 1. The monoisotopic (exact) mass is 235 g/mol. The zero-order chi connectivity index (χ0) is 11.2. The average molecular weight is 235 g/mol. The summed E-state index contributed by atoms with van der Waals surface area (Å²) >= 11 is 1.31. The molecular formula is C12H13NO2S. The van der Waals surface area contributed by atoms with E-state index in [0.717, 1.165) is 30.1 Å². The first-order chi connectivity index (χ1) is 7.90. The van der Waals surface area contributed by atoms with E-state index in [2.05, 4.69) is 11.5 Å². The minimum absolute atomic E-state index is 0.626. The third-order valence-corrected chi connectivity index (χ3v) is 3.00. The lowest BCUT2D eigenvalue weighted by atomic mass is 10.1. The molecule has 0 fully saturated rings. The highest BCUT2D eigenvalue weighted by molar-refractivity contribution is 8.03. The number of rotatable bonds is 4. The summed E-state index contributed by atoms with van der Waals surface area (Å²) in [5.74, 6) is 2.56. The molecule has 1 aliphatic rings. The van der Waals surface area contributed by atoms with Crippen molar-refractivity contribution in [2.45, 2.75) is 12.8 Å². The highest BCUT2D eigenvalue weighted by Gasteiger charge is 2.11. The van der Waals surface area contributed by atoms with Crippen molar-refractivity contribution in [3.63, 3.8) is 0 Å². The van der Waals surface area contributed by atoms with Gasteiger partial charge in [-0.3, -0.25) is 0 Å². The lowest BCUT2D eigenvalue weighted by Gasteiger charge is -2.18. The molecular weight excluding hydrogens is 222 g/mol. The second kappa shape index (κ2) is 5.66. The number of benzene rings is 1. The van der Waals surface area contributed by atoms with Crippen molar-refractivity contribution in [2.24, 2.45) is 0 Å². The van der Waals surface area contributed by atoms with Crippen molar-refractivity contribution >= 4 is 11.8 Å². The van der Waals surface area contributed by atoms with Crippen molar-refractivity contribution in [1.29, 1.82) is 5.26 Å². The molecule has 2 rings (SSSR count). The molecule has 0 saturated heterocycles. The first-order valence-electron chi connectivity index (χ1n) is 5.29. The van der Waals surface area contributed by atoms with Crippen molar-refractivity contribution in [3.05, 3.63) is 23.8 Å². The minimum Gasteiger partial charge on any atom is -0.486 e. The number of thiocyanates is 1. The van der Waals surface area contributed by atoms with Crippen LogP contribution in [0, 0.1) is 10.7 Å². The summed E-state index contributed by atoms with van der Waals surface area (Å²) in [6.07, 6.45) is 1.99. The summed E-state index contributed by atoms with van der Waals surface area (Å²) in [6.45, 7) is 1.26. The van der Waals surface area contributed by atoms with Crippen LogP contribution in [0.25, 0.3) is 0 Å². The van der Waals surface area contributed by atoms with Crippen LogP contribution in [0.1, 0.15) is 12.0 Å². The van der Waals surface area contributed by atoms with Crippen LogP contribution in [-0.2, 0) is 6.42 Å². The van der Waals surface area contributed by atoms with Crippen molar-refractivity contribution < 1.29 is 9.47 Å². The van der Waals surface area contributed by atoms with E-state index >= 15 is 0 Å². The lowest BCUT2D eigenvalue weighted by Crippen LogP contribution is -2.15. The number of thioether (sulfide) groups is 1. The van der Waals surface area contributed by atoms with E-state index in [1.807, 2.05) is 12.1 Å². The number of nitriles is 1. The Morgan fingerprint density at radius 3 is 2.88 bits per heavy atom. The fraction of sp³-hybridized carbons (Fsp3) is 0.417. The van der Waals surface area contributed by atoms with Crippen molar-refractivity contribution in [3.8, 4) is 16.9 Å². The Balaban J connectivity index is 1.93. The van der Waals surface area contributed by atoms with Gasteiger partial charge in [-0.25, -0.2) is 0 Å². The summed E-state index contributed by atoms with van der Waals surface area (Å²) in [4.78, 5) is 0. The SMILES string of the molecule is N#CSCCCc1ccc2c(c1)OCCO2.